The van der Waals surface area contributed by atoms with Crippen LogP contribution in [0.15, 0.2) is 30.3 Å². The van der Waals surface area contributed by atoms with E-state index in [1.54, 1.807) is 0 Å². The zero-order valence-corrected chi connectivity index (χ0v) is 15.0. The molecule has 0 aliphatic heterocycles. The van der Waals surface area contributed by atoms with Crippen molar-refractivity contribution in [3.8, 4) is 28.1 Å². The zero-order chi connectivity index (χ0) is 20.7. The molecule has 0 N–H and O–H groups in total. The molecule has 0 amide bonds. The highest BCUT2D eigenvalue weighted by Gasteiger charge is 2.35. The first-order valence-electron chi connectivity index (χ1n) is 7.50. The Kier molecular flexibility index (Phi) is 5.00. The van der Waals surface area contributed by atoms with Crippen LogP contribution >= 0.6 is 11.3 Å². The van der Waals surface area contributed by atoms with E-state index in [1.807, 2.05) is 0 Å². The van der Waals surface area contributed by atoms with Crippen molar-refractivity contribution in [2.45, 2.75) is 12.4 Å². The number of aryl methyl sites for hydroxylation is 1. The fourth-order valence-electron chi connectivity index (χ4n) is 2.20. The summed E-state index contributed by atoms with van der Waals surface area (Å²) >= 11 is 0.473. The molecule has 0 spiro atoms. The SMILES string of the molecule is COc1cc(Oc2cc(C(F)(F)F)nn2C)nc(-c2ccc(C(F)(F)F)s2)c1. The van der Waals surface area contributed by atoms with Crippen LogP contribution < -0.4 is 9.47 Å². The molecule has 150 valence electrons. The van der Waals surface area contributed by atoms with Crippen LogP contribution in [-0.2, 0) is 19.4 Å². The van der Waals surface area contributed by atoms with Gasteiger partial charge in [0.1, 0.15) is 10.6 Å². The molecule has 12 heteroatoms. The van der Waals surface area contributed by atoms with Crippen LogP contribution in [0.4, 0.5) is 26.3 Å². The first-order valence-corrected chi connectivity index (χ1v) is 8.31. The van der Waals surface area contributed by atoms with Gasteiger partial charge in [0.25, 0.3) is 0 Å². The van der Waals surface area contributed by atoms with E-state index in [9.17, 15) is 26.3 Å². The third kappa shape index (κ3) is 4.21. The van der Waals surface area contributed by atoms with Crippen molar-refractivity contribution in [2.75, 3.05) is 7.11 Å². The summed E-state index contributed by atoms with van der Waals surface area (Å²) in [5, 5.41) is 3.32. The van der Waals surface area contributed by atoms with Gasteiger partial charge in [0, 0.05) is 25.2 Å². The van der Waals surface area contributed by atoms with Crippen LogP contribution in [0, 0.1) is 0 Å². The highest BCUT2D eigenvalue weighted by molar-refractivity contribution is 7.15. The largest absolute Gasteiger partial charge is 0.496 e. The Bertz CT molecular complexity index is 993. The lowest BCUT2D eigenvalue weighted by atomic mass is 10.3. The van der Waals surface area contributed by atoms with Crippen LogP contribution in [0.2, 0.25) is 0 Å². The number of alkyl halides is 6. The molecular weight excluding hydrogens is 412 g/mol. The molecule has 0 unspecified atom stereocenters. The number of nitrogens with zero attached hydrogens (tertiary/aromatic N) is 3. The molecule has 5 nitrogen and oxygen atoms in total. The Morgan fingerprint density at radius 3 is 2.25 bits per heavy atom. The summed E-state index contributed by atoms with van der Waals surface area (Å²) in [7, 11) is 2.57. The van der Waals surface area contributed by atoms with E-state index in [0.29, 0.717) is 17.4 Å². The van der Waals surface area contributed by atoms with Crippen LogP contribution in [0.3, 0.4) is 0 Å². The quantitative estimate of drug-likeness (QED) is 0.529. The predicted octanol–water partition coefficient (Wildman–Crippen LogP) is 5.38. The lowest BCUT2D eigenvalue weighted by Gasteiger charge is -2.08. The summed E-state index contributed by atoms with van der Waals surface area (Å²) < 4.78 is 88.0. The highest BCUT2D eigenvalue weighted by atomic mass is 32.1. The normalized spacial score (nSPS) is 12.3. The molecule has 0 bridgehead atoms. The molecule has 0 fully saturated rings. The summed E-state index contributed by atoms with van der Waals surface area (Å²) in [5.74, 6) is -0.200. The van der Waals surface area contributed by atoms with Gasteiger partial charge in [-0.05, 0) is 12.1 Å². The maximum absolute atomic E-state index is 12.8. The molecule has 28 heavy (non-hydrogen) atoms. The van der Waals surface area contributed by atoms with Gasteiger partial charge in [-0.15, -0.1) is 11.3 Å². The smallest absolute Gasteiger partial charge is 0.435 e. The topological polar surface area (TPSA) is 49.2 Å². The zero-order valence-electron chi connectivity index (χ0n) is 14.2. The van der Waals surface area contributed by atoms with E-state index in [4.69, 9.17) is 9.47 Å². The molecule has 0 saturated heterocycles. The van der Waals surface area contributed by atoms with Gasteiger partial charge in [0.05, 0.1) is 17.7 Å². The van der Waals surface area contributed by atoms with Crippen LogP contribution in [-0.4, -0.2) is 21.9 Å². The van der Waals surface area contributed by atoms with E-state index in [1.165, 1.54) is 32.4 Å². The van der Waals surface area contributed by atoms with Gasteiger partial charge in [-0.25, -0.2) is 9.67 Å². The Morgan fingerprint density at radius 2 is 1.71 bits per heavy atom. The summed E-state index contributed by atoms with van der Waals surface area (Å²) in [5.41, 5.74) is -1.03. The fourth-order valence-corrected chi connectivity index (χ4v) is 3.03. The van der Waals surface area contributed by atoms with Gasteiger partial charge in [-0.1, -0.05) is 0 Å². The average molecular weight is 423 g/mol. The molecule has 0 radical (unpaired) electrons. The molecule has 0 aliphatic carbocycles. The molecule has 0 saturated carbocycles. The van der Waals surface area contributed by atoms with Crippen molar-refractivity contribution in [3.63, 3.8) is 0 Å². The van der Waals surface area contributed by atoms with Gasteiger partial charge in [-0.3, -0.25) is 0 Å². The predicted molar refractivity (Wildman–Crippen MR) is 87.4 cm³/mol. The Balaban J connectivity index is 1.96. The van der Waals surface area contributed by atoms with Crippen LogP contribution in [0.25, 0.3) is 10.6 Å². The van der Waals surface area contributed by atoms with Gasteiger partial charge in [-0.2, -0.15) is 31.4 Å². The number of thiophene rings is 1. The third-order valence-corrected chi connectivity index (χ3v) is 4.64. The van der Waals surface area contributed by atoms with Crippen molar-refractivity contribution >= 4 is 11.3 Å². The van der Waals surface area contributed by atoms with Crippen molar-refractivity contribution in [1.82, 2.24) is 14.8 Å². The molecule has 3 rings (SSSR count). The van der Waals surface area contributed by atoms with Crippen LogP contribution in [0.5, 0.6) is 17.5 Å². The maximum atomic E-state index is 12.8. The number of halogens is 6. The number of hydrogen-bond donors (Lipinski definition) is 0. The van der Waals surface area contributed by atoms with Gasteiger partial charge in [0.15, 0.2) is 5.69 Å². The summed E-state index contributed by atoms with van der Waals surface area (Å²) in [6.45, 7) is 0. The molecular formula is C16H11F6N3O2S. The van der Waals surface area contributed by atoms with Crippen molar-refractivity contribution in [3.05, 3.63) is 40.9 Å². The monoisotopic (exact) mass is 423 g/mol. The lowest BCUT2D eigenvalue weighted by Crippen LogP contribution is -2.06. The minimum absolute atomic E-state index is 0.119. The highest BCUT2D eigenvalue weighted by Crippen LogP contribution is 2.39. The second-order valence-corrected chi connectivity index (χ2v) is 6.57. The second kappa shape index (κ2) is 7.00. The van der Waals surface area contributed by atoms with E-state index < -0.39 is 22.9 Å². The van der Waals surface area contributed by atoms with E-state index in [-0.39, 0.29) is 28.1 Å². The number of rotatable bonds is 4. The lowest BCUT2D eigenvalue weighted by molar-refractivity contribution is -0.141. The van der Waals surface area contributed by atoms with Gasteiger partial charge in [0.2, 0.25) is 11.8 Å². The van der Waals surface area contributed by atoms with Crippen molar-refractivity contribution in [1.29, 1.82) is 0 Å². The second-order valence-electron chi connectivity index (χ2n) is 5.48. The molecule has 0 atom stereocenters. The number of aromatic nitrogens is 3. The van der Waals surface area contributed by atoms with E-state index >= 15 is 0 Å². The molecule has 0 aromatic carbocycles. The first-order chi connectivity index (χ1) is 13.0. The van der Waals surface area contributed by atoms with Crippen LogP contribution in [0.1, 0.15) is 10.6 Å². The molecule has 3 heterocycles. The number of methoxy groups -OCH3 is 1. The number of ether oxygens (including phenoxy) is 2. The average Bonchev–Trinajstić information content (AvgIpc) is 3.22. The fraction of sp³-hybridized carbons (Fsp3) is 0.250. The van der Waals surface area contributed by atoms with Gasteiger partial charge < -0.3 is 9.47 Å². The van der Waals surface area contributed by atoms with E-state index in [0.717, 1.165) is 10.7 Å². The molecule has 3 aromatic rings. The minimum atomic E-state index is -4.66. The summed E-state index contributed by atoms with van der Waals surface area (Å²) in [4.78, 5) is 3.46. The molecule has 3 aromatic heterocycles. The number of pyridine rings is 1. The molecule has 0 aliphatic rings. The van der Waals surface area contributed by atoms with Crippen molar-refractivity contribution in [2.24, 2.45) is 7.05 Å². The number of hydrogen-bond acceptors (Lipinski definition) is 5. The maximum Gasteiger partial charge on any atom is 0.435 e. The van der Waals surface area contributed by atoms with E-state index in [2.05, 4.69) is 10.1 Å². The Hall–Kier alpha value is -2.76. The minimum Gasteiger partial charge on any atom is -0.496 e. The standard InChI is InChI=1S/C16H11F6N3O2S/c1-25-14(7-11(24-25)15(17,18)19)27-13-6-8(26-2)5-9(23-13)10-3-4-12(28-10)16(20,21)22/h3-7H,1-2H3. The van der Waals surface area contributed by atoms with Crippen molar-refractivity contribution < 1.29 is 35.8 Å². The summed E-state index contributed by atoms with van der Waals surface area (Å²) in [6, 6.07) is 5.53. The Morgan fingerprint density at radius 1 is 1.00 bits per heavy atom. The first kappa shape index (κ1) is 20.0. The third-order valence-electron chi connectivity index (χ3n) is 3.49. The Labute approximate surface area is 158 Å². The summed E-state index contributed by atoms with van der Waals surface area (Å²) in [6.07, 6.45) is -9.15. The van der Waals surface area contributed by atoms with Gasteiger partial charge >= 0.3 is 12.4 Å².